The van der Waals surface area contributed by atoms with Crippen molar-refractivity contribution in [3.8, 4) is 5.69 Å². The quantitative estimate of drug-likeness (QED) is 0.799. The molecule has 2 aromatic rings. The van der Waals surface area contributed by atoms with Crippen LogP contribution in [0.4, 0.5) is 13.2 Å². The molecule has 25 heavy (non-hydrogen) atoms. The van der Waals surface area contributed by atoms with Gasteiger partial charge in [0, 0.05) is 23.9 Å². The Morgan fingerprint density at radius 3 is 2.40 bits per heavy atom. The third-order valence-electron chi connectivity index (χ3n) is 4.56. The second-order valence-corrected chi connectivity index (χ2v) is 8.41. The summed E-state index contributed by atoms with van der Waals surface area (Å²) >= 11 is 0. The van der Waals surface area contributed by atoms with Gasteiger partial charge in [-0.3, -0.25) is 0 Å². The highest BCUT2D eigenvalue weighted by atomic mass is 32.2. The molecule has 0 spiro atoms. The van der Waals surface area contributed by atoms with Crippen LogP contribution in [0.3, 0.4) is 0 Å². The van der Waals surface area contributed by atoms with Gasteiger partial charge in [-0.1, -0.05) is 19.3 Å². The number of nitrogens with zero attached hydrogens (tertiary/aromatic N) is 2. The van der Waals surface area contributed by atoms with Crippen molar-refractivity contribution in [2.24, 2.45) is 0 Å². The minimum Gasteiger partial charge on any atom is -0.237 e. The predicted molar refractivity (Wildman–Crippen MR) is 87.4 cm³/mol. The number of sulfone groups is 1. The maximum absolute atomic E-state index is 14.2. The van der Waals surface area contributed by atoms with Crippen molar-refractivity contribution in [3.63, 3.8) is 0 Å². The zero-order chi connectivity index (χ0) is 18.2. The van der Waals surface area contributed by atoms with Crippen molar-refractivity contribution in [2.75, 3.05) is 6.26 Å². The smallest absolute Gasteiger partial charge is 0.237 e. The van der Waals surface area contributed by atoms with Gasteiger partial charge in [0.2, 0.25) is 0 Å². The molecule has 1 aromatic carbocycles. The van der Waals surface area contributed by atoms with E-state index in [-0.39, 0.29) is 17.3 Å². The lowest BCUT2D eigenvalue weighted by atomic mass is 9.86. The third kappa shape index (κ3) is 3.73. The number of aromatic nitrogens is 2. The zero-order valence-electron chi connectivity index (χ0n) is 13.8. The number of benzene rings is 1. The largest absolute Gasteiger partial charge is 0.282 e. The van der Waals surface area contributed by atoms with E-state index in [0.29, 0.717) is 5.69 Å². The van der Waals surface area contributed by atoms with E-state index in [2.05, 4.69) is 5.10 Å². The Bertz CT molecular complexity index is 872. The average Bonchev–Trinajstić information content (AvgIpc) is 3.00. The van der Waals surface area contributed by atoms with Crippen molar-refractivity contribution < 1.29 is 21.6 Å². The molecule has 1 aliphatic carbocycles. The van der Waals surface area contributed by atoms with Crippen LogP contribution in [0.2, 0.25) is 0 Å². The monoisotopic (exact) mass is 372 g/mol. The Labute approximate surface area is 144 Å². The van der Waals surface area contributed by atoms with Crippen LogP contribution in [0.1, 0.15) is 55.8 Å². The van der Waals surface area contributed by atoms with Gasteiger partial charge in [-0.05, 0) is 31.0 Å². The Morgan fingerprint density at radius 2 is 1.84 bits per heavy atom. The van der Waals surface area contributed by atoms with Crippen LogP contribution in [-0.2, 0) is 9.84 Å². The van der Waals surface area contributed by atoms with Gasteiger partial charge in [-0.15, -0.1) is 0 Å². The summed E-state index contributed by atoms with van der Waals surface area (Å²) in [5, 5.41) is 3.94. The maximum Gasteiger partial charge on any atom is 0.282 e. The molecule has 8 heteroatoms. The molecule has 0 aliphatic heterocycles. The summed E-state index contributed by atoms with van der Waals surface area (Å²) in [6, 6.07) is 4.95. The second kappa shape index (κ2) is 6.82. The molecule has 1 heterocycles. The SMILES string of the molecule is CS(=O)(=O)c1ccc(-n2nc(C(F)F)cc2C2CCCCC2)cc1F. The summed E-state index contributed by atoms with van der Waals surface area (Å²) in [5.74, 6) is -0.824. The van der Waals surface area contributed by atoms with Crippen LogP contribution in [-0.4, -0.2) is 24.5 Å². The molecule has 0 unspecified atom stereocenters. The molecule has 0 saturated heterocycles. The fraction of sp³-hybridized carbons (Fsp3) is 0.471. The Kier molecular flexibility index (Phi) is 4.90. The van der Waals surface area contributed by atoms with Gasteiger partial charge in [0.1, 0.15) is 16.4 Å². The Hall–Kier alpha value is -1.83. The van der Waals surface area contributed by atoms with Gasteiger partial charge in [0.05, 0.1) is 5.69 Å². The van der Waals surface area contributed by atoms with Gasteiger partial charge in [-0.25, -0.2) is 26.3 Å². The molecule has 136 valence electrons. The van der Waals surface area contributed by atoms with Gasteiger partial charge in [0.15, 0.2) is 9.84 Å². The fourth-order valence-corrected chi connectivity index (χ4v) is 4.07. The highest BCUT2D eigenvalue weighted by Gasteiger charge is 2.25. The first-order valence-electron chi connectivity index (χ1n) is 8.15. The van der Waals surface area contributed by atoms with E-state index in [4.69, 9.17) is 0 Å². The van der Waals surface area contributed by atoms with E-state index >= 15 is 0 Å². The minimum absolute atomic E-state index is 0.0893. The van der Waals surface area contributed by atoms with E-state index in [1.54, 1.807) is 0 Å². The summed E-state index contributed by atoms with van der Waals surface area (Å²) in [6.45, 7) is 0. The number of hydrogen-bond donors (Lipinski definition) is 0. The van der Waals surface area contributed by atoms with Crippen LogP contribution in [0.5, 0.6) is 0 Å². The molecule has 0 N–H and O–H groups in total. The van der Waals surface area contributed by atoms with Crippen molar-refractivity contribution in [1.82, 2.24) is 9.78 Å². The Balaban J connectivity index is 2.08. The summed E-state index contributed by atoms with van der Waals surface area (Å²) < 4.78 is 64.9. The van der Waals surface area contributed by atoms with E-state index in [1.807, 2.05) is 0 Å². The number of rotatable bonds is 4. The van der Waals surface area contributed by atoms with E-state index in [9.17, 15) is 21.6 Å². The number of hydrogen-bond acceptors (Lipinski definition) is 3. The molecule has 4 nitrogen and oxygen atoms in total. The van der Waals surface area contributed by atoms with E-state index < -0.39 is 27.0 Å². The lowest BCUT2D eigenvalue weighted by molar-refractivity contribution is 0.145. The summed E-state index contributed by atoms with van der Waals surface area (Å²) in [6.07, 6.45) is 3.09. The lowest BCUT2D eigenvalue weighted by Crippen LogP contribution is -2.11. The summed E-state index contributed by atoms with van der Waals surface area (Å²) in [7, 11) is -3.70. The predicted octanol–water partition coefficient (Wildman–Crippen LogP) is 4.40. The lowest BCUT2D eigenvalue weighted by Gasteiger charge is -2.22. The number of alkyl halides is 2. The maximum atomic E-state index is 14.2. The molecule has 3 rings (SSSR count). The molecule has 1 fully saturated rings. The molecule has 0 amide bonds. The van der Waals surface area contributed by atoms with Crippen LogP contribution < -0.4 is 0 Å². The molecule has 1 aromatic heterocycles. The van der Waals surface area contributed by atoms with Gasteiger partial charge >= 0.3 is 0 Å². The van der Waals surface area contributed by atoms with Gasteiger partial charge in [0.25, 0.3) is 6.43 Å². The Morgan fingerprint density at radius 1 is 1.16 bits per heavy atom. The molecular weight excluding hydrogens is 353 g/mol. The number of halogens is 3. The first-order chi connectivity index (χ1) is 11.8. The topological polar surface area (TPSA) is 52.0 Å². The average molecular weight is 372 g/mol. The zero-order valence-corrected chi connectivity index (χ0v) is 14.6. The third-order valence-corrected chi connectivity index (χ3v) is 5.69. The molecule has 1 saturated carbocycles. The summed E-state index contributed by atoms with van der Waals surface area (Å²) in [4.78, 5) is -0.420. The van der Waals surface area contributed by atoms with Crippen LogP contribution >= 0.6 is 0 Å². The molecule has 0 atom stereocenters. The van der Waals surface area contributed by atoms with Gasteiger partial charge in [-0.2, -0.15) is 5.10 Å². The minimum atomic E-state index is -3.70. The van der Waals surface area contributed by atoms with E-state index in [1.165, 1.54) is 16.8 Å². The van der Waals surface area contributed by atoms with Crippen LogP contribution in [0.15, 0.2) is 29.2 Å². The normalized spacial score (nSPS) is 16.5. The van der Waals surface area contributed by atoms with Crippen molar-refractivity contribution in [1.29, 1.82) is 0 Å². The van der Waals surface area contributed by atoms with Gasteiger partial charge < -0.3 is 0 Å². The standard InChI is InChI=1S/C17H19F3N2O2S/c1-25(23,24)16-8-7-12(9-13(16)18)22-15(10-14(21-22)17(19)20)11-5-3-2-4-6-11/h7-11,17H,2-6H2,1H3. The van der Waals surface area contributed by atoms with Crippen molar-refractivity contribution in [3.05, 3.63) is 41.5 Å². The molecular formula is C17H19F3N2O2S. The van der Waals surface area contributed by atoms with E-state index in [0.717, 1.165) is 50.5 Å². The highest BCUT2D eigenvalue weighted by Crippen LogP contribution is 2.35. The second-order valence-electron chi connectivity index (χ2n) is 6.43. The van der Waals surface area contributed by atoms with Crippen LogP contribution in [0.25, 0.3) is 5.69 Å². The molecule has 1 aliphatic rings. The fourth-order valence-electron chi connectivity index (χ4n) is 3.34. The molecule has 0 radical (unpaired) electrons. The first-order valence-corrected chi connectivity index (χ1v) is 10.0. The first kappa shape index (κ1) is 18.0. The molecule has 0 bridgehead atoms. The van der Waals surface area contributed by atoms with Crippen molar-refractivity contribution >= 4 is 9.84 Å². The highest BCUT2D eigenvalue weighted by molar-refractivity contribution is 7.90. The summed E-state index contributed by atoms with van der Waals surface area (Å²) in [5.41, 5.74) is 0.520. The van der Waals surface area contributed by atoms with Crippen molar-refractivity contribution in [2.45, 2.75) is 49.3 Å². The van der Waals surface area contributed by atoms with Crippen LogP contribution in [0, 0.1) is 5.82 Å².